The van der Waals surface area contributed by atoms with Gasteiger partial charge in [0.2, 0.25) is 0 Å². The van der Waals surface area contributed by atoms with Gasteiger partial charge in [-0.2, -0.15) is 5.26 Å². The third-order valence-electron chi connectivity index (χ3n) is 4.17. The molecule has 27 heavy (non-hydrogen) atoms. The molecule has 0 saturated carbocycles. The van der Waals surface area contributed by atoms with E-state index in [1.807, 2.05) is 19.9 Å². The molecule has 0 bridgehead atoms. The quantitative estimate of drug-likeness (QED) is 0.733. The SMILES string of the molecule is Cc1nc(-c2cccc(Cl)c2)sc1C(=O)OCC(=O)N[C@@](C)(C#N)C(C)C. The maximum Gasteiger partial charge on any atom is 0.350 e. The number of benzene rings is 1. The number of esters is 1. The Kier molecular flexibility index (Phi) is 6.58. The van der Waals surface area contributed by atoms with Gasteiger partial charge in [0.15, 0.2) is 6.61 Å². The molecule has 0 spiro atoms. The number of hydrogen-bond donors (Lipinski definition) is 1. The monoisotopic (exact) mass is 405 g/mol. The fourth-order valence-electron chi connectivity index (χ4n) is 2.15. The van der Waals surface area contributed by atoms with Crippen molar-refractivity contribution < 1.29 is 14.3 Å². The van der Waals surface area contributed by atoms with Crippen molar-refractivity contribution in [1.82, 2.24) is 10.3 Å². The molecule has 1 N–H and O–H groups in total. The van der Waals surface area contributed by atoms with Gasteiger partial charge in [0.05, 0.1) is 11.8 Å². The molecular formula is C19H20ClN3O3S. The number of aromatic nitrogens is 1. The number of halogens is 1. The Hall–Kier alpha value is -2.43. The van der Waals surface area contributed by atoms with Crippen LogP contribution in [0.25, 0.3) is 10.6 Å². The summed E-state index contributed by atoms with van der Waals surface area (Å²) >= 11 is 7.17. The molecule has 0 radical (unpaired) electrons. The molecule has 1 atom stereocenters. The fraction of sp³-hybridized carbons (Fsp3) is 0.368. The van der Waals surface area contributed by atoms with Crippen molar-refractivity contribution in [1.29, 1.82) is 5.26 Å². The summed E-state index contributed by atoms with van der Waals surface area (Å²) in [4.78, 5) is 29.1. The predicted molar refractivity (Wildman–Crippen MR) is 105 cm³/mol. The average molecular weight is 406 g/mol. The molecule has 2 aromatic rings. The van der Waals surface area contributed by atoms with E-state index in [4.69, 9.17) is 16.3 Å². The van der Waals surface area contributed by atoms with Crippen molar-refractivity contribution in [3.63, 3.8) is 0 Å². The summed E-state index contributed by atoms with van der Waals surface area (Å²) in [5, 5.41) is 13.1. The Morgan fingerprint density at radius 1 is 1.44 bits per heavy atom. The van der Waals surface area contributed by atoms with Crippen LogP contribution < -0.4 is 5.32 Å². The van der Waals surface area contributed by atoms with Gasteiger partial charge >= 0.3 is 5.97 Å². The molecule has 0 aliphatic carbocycles. The summed E-state index contributed by atoms with van der Waals surface area (Å²) in [6.07, 6.45) is 0. The molecule has 2 rings (SSSR count). The number of ether oxygens (including phenoxy) is 1. The molecule has 8 heteroatoms. The highest BCUT2D eigenvalue weighted by Crippen LogP contribution is 2.29. The second-order valence-electron chi connectivity index (χ2n) is 6.54. The van der Waals surface area contributed by atoms with Crippen LogP contribution in [0.3, 0.4) is 0 Å². The van der Waals surface area contributed by atoms with Crippen LogP contribution in [0.5, 0.6) is 0 Å². The first-order chi connectivity index (χ1) is 12.7. The molecule has 1 aromatic carbocycles. The van der Waals surface area contributed by atoms with Gasteiger partial charge in [0, 0.05) is 10.6 Å². The smallest absolute Gasteiger partial charge is 0.350 e. The van der Waals surface area contributed by atoms with Crippen molar-refractivity contribution in [2.75, 3.05) is 6.61 Å². The van der Waals surface area contributed by atoms with E-state index >= 15 is 0 Å². The highest BCUT2D eigenvalue weighted by atomic mass is 35.5. The number of carbonyl (C=O) groups is 2. The zero-order valence-corrected chi connectivity index (χ0v) is 17.1. The number of aryl methyl sites for hydroxylation is 1. The van der Waals surface area contributed by atoms with Gasteiger partial charge in [-0.3, -0.25) is 4.79 Å². The minimum absolute atomic E-state index is 0.0915. The number of amides is 1. The van der Waals surface area contributed by atoms with E-state index in [0.717, 1.165) is 5.56 Å². The van der Waals surface area contributed by atoms with Crippen molar-refractivity contribution >= 4 is 34.8 Å². The lowest BCUT2D eigenvalue weighted by Crippen LogP contribution is -2.50. The van der Waals surface area contributed by atoms with E-state index in [0.29, 0.717) is 20.6 Å². The van der Waals surface area contributed by atoms with Crippen LogP contribution >= 0.6 is 22.9 Å². The van der Waals surface area contributed by atoms with Crippen LogP contribution in [0.4, 0.5) is 0 Å². The number of nitriles is 1. The maximum atomic E-state index is 12.3. The van der Waals surface area contributed by atoms with Crippen molar-refractivity contribution in [2.24, 2.45) is 5.92 Å². The van der Waals surface area contributed by atoms with Gasteiger partial charge in [-0.05, 0) is 31.9 Å². The minimum atomic E-state index is -1.02. The molecular weight excluding hydrogens is 386 g/mol. The molecule has 0 unspecified atom stereocenters. The second-order valence-corrected chi connectivity index (χ2v) is 7.97. The summed E-state index contributed by atoms with van der Waals surface area (Å²) in [5.74, 6) is -1.25. The van der Waals surface area contributed by atoms with Gasteiger partial charge in [0.25, 0.3) is 5.91 Å². The highest BCUT2D eigenvalue weighted by Gasteiger charge is 2.30. The minimum Gasteiger partial charge on any atom is -0.451 e. The van der Waals surface area contributed by atoms with Crippen LogP contribution in [0.1, 0.15) is 36.1 Å². The molecule has 0 saturated heterocycles. The highest BCUT2D eigenvalue weighted by molar-refractivity contribution is 7.17. The van der Waals surface area contributed by atoms with Crippen LogP contribution in [0.2, 0.25) is 5.02 Å². The number of hydrogen-bond acceptors (Lipinski definition) is 6. The van der Waals surface area contributed by atoms with Crippen LogP contribution in [-0.2, 0) is 9.53 Å². The standard InChI is InChI=1S/C19H20ClN3O3S/c1-11(2)19(4,10-21)23-15(24)9-26-18(25)16-12(3)22-17(27-16)13-6-5-7-14(20)8-13/h5-8,11H,9H2,1-4H3,(H,23,24)/t19-/m0/s1. The first-order valence-electron chi connectivity index (χ1n) is 8.29. The summed E-state index contributed by atoms with van der Waals surface area (Å²) in [6, 6.07) is 9.24. The van der Waals surface area contributed by atoms with Gasteiger partial charge in [-0.15, -0.1) is 11.3 Å². The average Bonchev–Trinajstić information content (AvgIpc) is 3.01. The van der Waals surface area contributed by atoms with E-state index in [2.05, 4.69) is 16.4 Å². The topological polar surface area (TPSA) is 92.1 Å². The Labute approximate surface area is 167 Å². The largest absolute Gasteiger partial charge is 0.451 e. The predicted octanol–water partition coefficient (Wildman–Crippen LogP) is 3.98. The number of nitrogens with zero attached hydrogens (tertiary/aromatic N) is 2. The number of nitrogens with one attached hydrogen (secondary N) is 1. The van der Waals surface area contributed by atoms with Crippen molar-refractivity contribution in [3.8, 4) is 16.6 Å². The molecule has 142 valence electrons. The first-order valence-corrected chi connectivity index (χ1v) is 9.48. The summed E-state index contributed by atoms with van der Waals surface area (Å²) in [7, 11) is 0. The van der Waals surface area contributed by atoms with Gasteiger partial charge in [0.1, 0.15) is 15.4 Å². The van der Waals surface area contributed by atoms with Crippen molar-refractivity contribution in [2.45, 2.75) is 33.2 Å². The molecule has 1 amide bonds. The zero-order chi connectivity index (χ0) is 20.2. The van der Waals surface area contributed by atoms with Crippen molar-refractivity contribution in [3.05, 3.63) is 39.9 Å². The Morgan fingerprint density at radius 3 is 2.74 bits per heavy atom. The third kappa shape index (κ3) is 5.06. The summed E-state index contributed by atoms with van der Waals surface area (Å²) in [6.45, 7) is 6.52. The van der Waals surface area contributed by atoms with Crippen LogP contribution in [0, 0.1) is 24.2 Å². The first kappa shape index (κ1) is 20.9. The lowest BCUT2D eigenvalue weighted by Gasteiger charge is -2.27. The molecule has 1 aromatic heterocycles. The van der Waals surface area contributed by atoms with E-state index < -0.39 is 24.0 Å². The molecule has 1 heterocycles. The lowest BCUT2D eigenvalue weighted by atomic mass is 9.90. The number of thiazole rings is 1. The Balaban J connectivity index is 2.05. The van der Waals surface area contributed by atoms with Crippen LogP contribution in [-0.4, -0.2) is 29.0 Å². The third-order valence-corrected chi connectivity index (χ3v) is 5.60. The summed E-state index contributed by atoms with van der Waals surface area (Å²) < 4.78 is 5.10. The second kappa shape index (κ2) is 8.51. The van der Waals surface area contributed by atoms with Gasteiger partial charge < -0.3 is 10.1 Å². The van der Waals surface area contributed by atoms with Gasteiger partial charge in [-0.1, -0.05) is 37.6 Å². The fourth-order valence-corrected chi connectivity index (χ4v) is 3.30. The van der Waals surface area contributed by atoms with E-state index in [1.54, 1.807) is 32.0 Å². The zero-order valence-electron chi connectivity index (χ0n) is 15.5. The molecule has 6 nitrogen and oxygen atoms in total. The van der Waals surface area contributed by atoms with E-state index in [9.17, 15) is 14.9 Å². The molecule has 0 aliphatic rings. The van der Waals surface area contributed by atoms with E-state index in [1.165, 1.54) is 11.3 Å². The normalized spacial score (nSPS) is 12.9. The molecule has 0 fully saturated rings. The van der Waals surface area contributed by atoms with Crippen LogP contribution in [0.15, 0.2) is 24.3 Å². The summed E-state index contributed by atoms with van der Waals surface area (Å²) in [5.41, 5.74) is 0.294. The lowest BCUT2D eigenvalue weighted by molar-refractivity contribution is -0.125. The Morgan fingerprint density at radius 2 is 2.15 bits per heavy atom. The number of rotatable bonds is 6. The molecule has 0 aliphatic heterocycles. The van der Waals surface area contributed by atoms with E-state index in [-0.39, 0.29) is 5.92 Å². The maximum absolute atomic E-state index is 12.3. The number of carbonyl (C=O) groups excluding carboxylic acids is 2. The van der Waals surface area contributed by atoms with Gasteiger partial charge in [-0.25, -0.2) is 9.78 Å². The Bertz CT molecular complexity index is 904.